The highest BCUT2D eigenvalue weighted by molar-refractivity contribution is 14.0. The van der Waals surface area contributed by atoms with Gasteiger partial charge in [-0.25, -0.2) is 4.98 Å². The summed E-state index contributed by atoms with van der Waals surface area (Å²) in [6.07, 6.45) is 1.35. The van der Waals surface area contributed by atoms with Crippen LogP contribution in [0.4, 0.5) is 13.2 Å². The molecule has 0 spiro atoms. The van der Waals surface area contributed by atoms with Crippen molar-refractivity contribution in [2.45, 2.75) is 31.9 Å². The fourth-order valence-corrected chi connectivity index (χ4v) is 4.23. The van der Waals surface area contributed by atoms with Gasteiger partial charge in [-0.1, -0.05) is 18.0 Å². The van der Waals surface area contributed by atoms with E-state index in [1.165, 1.54) is 32.4 Å². The molecule has 1 aromatic heterocycles. The lowest BCUT2D eigenvalue weighted by Gasteiger charge is -2.29. The summed E-state index contributed by atoms with van der Waals surface area (Å²) in [4.78, 5) is 12.8. The average Bonchev–Trinajstić information content (AvgIpc) is 3.17. The number of rotatable bonds is 6. The number of ether oxygens (including phenoxy) is 1. The lowest BCUT2D eigenvalue weighted by atomic mass is 10.1. The second-order valence-corrected chi connectivity index (χ2v) is 8.20. The number of aromatic nitrogens is 1. The lowest BCUT2D eigenvalue weighted by molar-refractivity contribution is -0.137. The number of piperidine rings is 1. The number of halogens is 5. The van der Waals surface area contributed by atoms with E-state index < -0.39 is 11.7 Å². The van der Waals surface area contributed by atoms with Gasteiger partial charge >= 0.3 is 6.18 Å². The number of alkyl halides is 3. The normalized spacial score (nSPS) is 20.5. The number of nitrogens with one attached hydrogen (secondary N) is 1. The first-order valence-corrected chi connectivity index (χ1v) is 10.8. The van der Waals surface area contributed by atoms with Crippen LogP contribution in [0.5, 0.6) is 5.88 Å². The van der Waals surface area contributed by atoms with E-state index in [0.29, 0.717) is 12.5 Å². The highest BCUT2D eigenvalue weighted by Crippen LogP contribution is 2.33. The number of hydrogen-bond acceptors (Lipinski definition) is 4. The van der Waals surface area contributed by atoms with Crippen molar-refractivity contribution < 1.29 is 17.9 Å². The molecule has 176 valence electrons. The summed E-state index contributed by atoms with van der Waals surface area (Å²) in [6.45, 7) is 6.16. The Morgan fingerprint density at radius 1 is 1.29 bits per heavy atom. The molecule has 2 aliphatic rings. The summed E-state index contributed by atoms with van der Waals surface area (Å²) < 4.78 is 43.4. The molecule has 3 rings (SSSR count). The Hall–Kier alpha value is -1.01. The Labute approximate surface area is 203 Å². The van der Waals surface area contributed by atoms with Crippen LogP contribution in [0.2, 0.25) is 5.02 Å². The van der Waals surface area contributed by atoms with E-state index >= 15 is 0 Å². The molecular formula is C20H30ClF3IN5O. The van der Waals surface area contributed by atoms with Crippen molar-refractivity contribution in [2.75, 3.05) is 52.9 Å². The fourth-order valence-electron chi connectivity index (χ4n) is 4.01. The quantitative estimate of drug-likeness (QED) is 0.239. The van der Waals surface area contributed by atoms with Gasteiger partial charge in [-0.15, -0.1) is 24.0 Å². The maximum absolute atomic E-state index is 12.7. The Balaban J connectivity index is 0.00000341. The van der Waals surface area contributed by atoms with Crippen LogP contribution < -0.4 is 10.1 Å². The predicted molar refractivity (Wildman–Crippen MR) is 126 cm³/mol. The van der Waals surface area contributed by atoms with Gasteiger partial charge < -0.3 is 19.9 Å². The average molecular weight is 576 g/mol. The minimum Gasteiger partial charge on any atom is -0.475 e. The van der Waals surface area contributed by atoms with Crippen LogP contribution in [0.3, 0.4) is 0 Å². The van der Waals surface area contributed by atoms with Crippen LogP contribution in [0, 0.1) is 5.92 Å². The maximum atomic E-state index is 12.7. The van der Waals surface area contributed by atoms with Gasteiger partial charge in [0.15, 0.2) is 5.96 Å². The van der Waals surface area contributed by atoms with Crippen molar-refractivity contribution in [1.29, 1.82) is 0 Å². The number of hydrogen-bond donors (Lipinski definition) is 1. The Morgan fingerprint density at radius 3 is 2.68 bits per heavy atom. The Morgan fingerprint density at radius 2 is 2.03 bits per heavy atom. The number of aliphatic imine (C=N–C) groups is 1. The molecular weight excluding hydrogens is 546 g/mol. The highest BCUT2D eigenvalue weighted by atomic mass is 127. The van der Waals surface area contributed by atoms with Crippen molar-refractivity contribution in [3.8, 4) is 5.88 Å². The Kier molecular flexibility index (Phi) is 10.4. The van der Waals surface area contributed by atoms with Gasteiger partial charge in [-0.05, 0) is 44.3 Å². The molecule has 0 bridgehead atoms. The molecule has 3 heterocycles. The van der Waals surface area contributed by atoms with Crippen molar-refractivity contribution in [1.82, 2.24) is 20.1 Å². The Bertz CT molecular complexity index is 731. The molecule has 6 nitrogen and oxygen atoms in total. The molecule has 31 heavy (non-hydrogen) atoms. The van der Waals surface area contributed by atoms with Gasteiger partial charge in [0.2, 0.25) is 5.88 Å². The van der Waals surface area contributed by atoms with Crippen LogP contribution in [-0.2, 0) is 6.18 Å². The number of guanidine groups is 1. The van der Waals surface area contributed by atoms with E-state index in [1.807, 2.05) is 0 Å². The van der Waals surface area contributed by atoms with E-state index in [-0.39, 0.29) is 41.5 Å². The standard InChI is InChI=1S/C20H29ClF3N5O.HI/c1-25-19(29-9-5-15(14-29)13-28-7-3-2-4-8-28)26-6-10-30-18-17(21)11-16(12-27-18)20(22,23)24;/h11-12,15H,2-10,13-14H2,1H3,(H,25,26);1H. The number of likely N-dealkylation sites (tertiary alicyclic amines) is 2. The summed E-state index contributed by atoms with van der Waals surface area (Å²) in [5, 5.41) is 3.09. The lowest BCUT2D eigenvalue weighted by Crippen LogP contribution is -2.42. The minimum atomic E-state index is -4.48. The third-order valence-electron chi connectivity index (χ3n) is 5.52. The molecule has 0 aromatic carbocycles. The summed E-state index contributed by atoms with van der Waals surface area (Å²) in [7, 11) is 1.75. The second kappa shape index (κ2) is 12.3. The zero-order chi connectivity index (χ0) is 21.6. The van der Waals surface area contributed by atoms with E-state index in [9.17, 15) is 13.2 Å². The maximum Gasteiger partial charge on any atom is 0.417 e. The van der Waals surface area contributed by atoms with E-state index in [4.69, 9.17) is 16.3 Å². The monoisotopic (exact) mass is 575 g/mol. The van der Waals surface area contributed by atoms with Gasteiger partial charge in [0, 0.05) is 32.9 Å². The van der Waals surface area contributed by atoms with Gasteiger partial charge in [-0.2, -0.15) is 13.2 Å². The second-order valence-electron chi connectivity index (χ2n) is 7.79. The van der Waals surface area contributed by atoms with Crippen LogP contribution in [0.15, 0.2) is 17.3 Å². The fraction of sp³-hybridized carbons (Fsp3) is 0.700. The zero-order valence-electron chi connectivity index (χ0n) is 17.6. The van der Waals surface area contributed by atoms with Crippen molar-refractivity contribution in [3.63, 3.8) is 0 Å². The van der Waals surface area contributed by atoms with Crippen LogP contribution in [0.25, 0.3) is 0 Å². The predicted octanol–water partition coefficient (Wildman–Crippen LogP) is 4.13. The summed E-state index contributed by atoms with van der Waals surface area (Å²) in [5.41, 5.74) is -0.897. The van der Waals surface area contributed by atoms with Gasteiger partial charge in [0.05, 0.1) is 12.1 Å². The van der Waals surface area contributed by atoms with Gasteiger partial charge in [0.25, 0.3) is 0 Å². The summed E-state index contributed by atoms with van der Waals surface area (Å²) >= 11 is 5.86. The third-order valence-corrected chi connectivity index (χ3v) is 5.79. The largest absolute Gasteiger partial charge is 0.475 e. The molecule has 2 saturated heterocycles. The molecule has 2 aliphatic heterocycles. The van der Waals surface area contributed by atoms with Gasteiger partial charge in [-0.3, -0.25) is 4.99 Å². The van der Waals surface area contributed by atoms with E-state index in [2.05, 4.69) is 25.1 Å². The van der Waals surface area contributed by atoms with Crippen LogP contribution in [0.1, 0.15) is 31.2 Å². The molecule has 1 unspecified atom stereocenters. The first-order valence-electron chi connectivity index (χ1n) is 10.4. The molecule has 11 heteroatoms. The first kappa shape index (κ1) is 26.2. The molecule has 0 amide bonds. The first-order chi connectivity index (χ1) is 14.4. The van der Waals surface area contributed by atoms with Crippen LogP contribution in [-0.4, -0.2) is 73.7 Å². The molecule has 1 atom stereocenters. The van der Waals surface area contributed by atoms with Crippen molar-refractivity contribution in [2.24, 2.45) is 10.9 Å². The molecule has 0 saturated carbocycles. The minimum absolute atomic E-state index is 0. The highest BCUT2D eigenvalue weighted by Gasteiger charge is 2.32. The number of pyridine rings is 1. The molecule has 1 N–H and O–H groups in total. The SMILES string of the molecule is CN=C(NCCOc1ncc(C(F)(F)F)cc1Cl)N1CCC(CN2CCCCC2)C1.I. The zero-order valence-corrected chi connectivity index (χ0v) is 20.7. The van der Waals surface area contributed by atoms with E-state index in [1.54, 1.807) is 7.05 Å². The topological polar surface area (TPSA) is 53.0 Å². The summed E-state index contributed by atoms with van der Waals surface area (Å²) in [5.74, 6) is 1.45. The molecule has 0 aliphatic carbocycles. The number of nitrogens with zero attached hydrogens (tertiary/aromatic N) is 4. The smallest absolute Gasteiger partial charge is 0.417 e. The third kappa shape index (κ3) is 7.81. The summed E-state index contributed by atoms with van der Waals surface area (Å²) in [6, 6.07) is 0.822. The molecule has 0 radical (unpaired) electrons. The van der Waals surface area contributed by atoms with Crippen molar-refractivity contribution >= 4 is 41.5 Å². The van der Waals surface area contributed by atoms with E-state index in [0.717, 1.165) is 44.3 Å². The van der Waals surface area contributed by atoms with Crippen LogP contribution >= 0.6 is 35.6 Å². The molecule has 1 aromatic rings. The van der Waals surface area contributed by atoms with Gasteiger partial charge in [0.1, 0.15) is 11.6 Å². The van der Waals surface area contributed by atoms with Crippen molar-refractivity contribution in [3.05, 3.63) is 22.8 Å². The molecule has 2 fully saturated rings.